The molecule has 1 aliphatic heterocycles. The lowest BCUT2D eigenvalue weighted by molar-refractivity contribution is 0.0951. The SMILES string of the molecule is O=C(NC(=S)NC1CCN(Cc2ccccc2)CC1)c1cc2ccccc2o1. The van der Waals surface area contributed by atoms with Crippen molar-refractivity contribution in [1.82, 2.24) is 15.5 Å². The normalized spacial score (nSPS) is 15.4. The van der Waals surface area contributed by atoms with Crippen LogP contribution in [0.1, 0.15) is 29.0 Å². The molecule has 28 heavy (non-hydrogen) atoms. The summed E-state index contributed by atoms with van der Waals surface area (Å²) in [6, 6.07) is 20.1. The number of hydrogen-bond donors (Lipinski definition) is 2. The van der Waals surface area contributed by atoms with Crippen molar-refractivity contribution < 1.29 is 9.21 Å². The molecule has 144 valence electrons. The molecule has 3 aromatic rings. The van der Waals surface area contributed by atoms with Gasteiger partial charge < -0.3 is 9.73 Å². The van der Waals surface area contributed by atoms with Crippen LogP contribution in [0.15, 0.2) is 65.1 Å². The number of carbonyl (C=O) groups excluding carboxylic acids is 1. The number of likely N-dealkylation sites (tertiary alicyclic amines) is 1. The second kappa shape index (κ2) is 8.54. The number of fused-ring (bicyclic) bond motifs is 1. The Morgan fingerprint density at radius 2 is 1.79 bits per heavy atom. The monoisotopic (exact) mass is 393 g/mol. The zero-order valence-electron chi connectivity index (χ0n) is 15.6. The number of nitrogens with one attached hydrogen (secondary N) is 2. The number of para-hydroxylation sites is 1. The van der Waals surface area contributed by atoms with E-state index in [-0.39, 0.29) is 17.7 Å². The highest BCUT2D eigenvalue weighted by atomic mass is 32.1. The van der Waals surface area contributed by atoms with Crippen molar-refractivity contribution >= 4 is 34.2 Å². The van der Waals surface area contributed by atoms with E-state index in [2.05, 4.69) is 39.8 Å². The van der Waals surface area contributed by atoms with Gasteiger partial charge in [0.05, 0.1) is 0 Å². The molecule has 0 atom stereocenters. The van der Waals surface area contributed by atoms with E-state index in [1.54, 1.807) is 6.07 Å². The smallest absolute Gasteiger partial charge is 0.293 e. The van der Waals surface area contributed by atoms with Gasteiger partial charge in [0.1, 0.15) is 5.58 Å². The van der Waals surface area contributed by atoms with Crippen molar-refractivity contribution in [3.05, 3.63) is 72.0 Å². The maximum Gasteiger partial charge on any atom is 0.293 e. The molecule has 5 nitrogen and oxygen atoms in total. The number of hydrogen-bond acceptors (Lipinski definition) is 4. The summed E-state index contributed by atoms with van der Waals surface area (Å²) in [5.41, 5.74) is 2.03. The Balaban J connectivity index is 1.24. The lowest BCUT2D eigenvalue weighted by Gasteiger charge is -2.32. The molecule has 2 heterocycles. The molecule has 1 fully saturated rings. The van der Waals surface area contributed by atoms with Gasteiger partial charge in [0.25, 0.3) is 5.91 Å². The first kappa shape index (κ1) is 18.7. The fourth-order valence-corrected chi connectivity index (χ4v) is 3.82. The molecule has 4 rings (SSSR count). The Hall–Kier alpha value is -2.70. The van der Waals surface area contributed by atoms with Gasteiger partial charge in [-0.25, -0.2) is 0 Å². The Morgan fingerprint density at radius 1 is 1.07 bits per heavy atom. The largest absolute Gasteiger partial charge is 0.451 e. The van der Waals surface area contributed by atoms with Crippen LogP contribution in [0.4, 0.5) is 0 Å². The third kappa shape index (κ3) is 4.58. The summed E-state index contributed by atoms with van der Waals surface area (Å²) in [5, 5.41) is 7.25. The second-order valence-electron chi connectivity index (χ2n) is 7.11. The molecule has 0 saturated carbocycles. The third-order valence-electron chi connectivity index (χ3n) is 5.05. The predicted molar refractivity (Wildman–Crippen MR) is 114 cm³/mol. The van der Waals surface area contributed by atoms with Crippen LogP contribution in [0.5, 0.6) is 0 Å². The van der Waals surface area contributed by atoms with Crippen LogP contribution < -0.4 is 10.6 Å². The lowest BCUT2D eigenvalue weighted by atomic mass is 10.0. The summed E-state index contributed by atoms with van der Waals surface area (Å²) in [6.45, 7) is 2.99. The summed E-state index contributed by atoms with van der Waals surface area (Å²) in [4.78, 5) is 14.8. The van der Waals surface area contributed by atoms with E-state index in [0.717, 1.165) is 37.9 Å². The van der Waals surface area contributed by atoms with E-state index >= 15 is 0 Å². The van der Waals surface area contributed by atoms with Crippen LogP contribution in [0, 0.1) is 0 Å². The van der Waals surface area contributed by atoms with Gasteiger partial charge in [0.2, 0.25) is 0 Å². The molecule has 0 aliphatic carbocycles. The molecule has 1 amide bonds. The zero-order chi connectivity index (χ0) is 19.3. The molecule has 1 saturated heterocycles. The average Bonchev–Trinajstić information content (AvgIpc) is 3.15. The topological polar surface area (TPSA) is 57.5 Å². The van der Waals surface area contributed by atoms with Crippen LogP contribution >= 0.6 is 12.2 Å². The van der Waals surface area contributed by atoms with Gasteiger partial charge in [-0.15, -0.1) is 0 Å². The van der Waals surface area contributed by atoms with E-state index in [9.17, 15) is 4.79 Å². The fourth-order valence-electron chi connectivity index (χ4n) is 3.56. The van der Waals surface area contributed by atoms with Crippen molar-refractivity contribution in [3.63, 3.8) is 0 Å². The average molecular weight is 394 g/mol. The molecule has 1 aromatic heterocycles. The lowest BCUT2D eigenvalue weighted by Crippen LogP contribution is -2.48. The predicted octanol–water partition coefficient (Wildman–Crippen LogP) is 3.70. The molecule has 2 aromatic carbocycles. The number of thiocarbonyl (C=S) groups is 1. The summed E-state index contributed by atoms with van der Waals surface area (Å²) in [7, 11) is 0. The first-order chi connectivity index (χ1) is 13.7. The van der Waals surface area contributed by atoms with Crippen molar-refractivity contribution in [2.45, 2.75) is 25.4 Å². The molecule has 0 unspecified atom stereocenters. The molecule has 0 spiro atoms. The van der Waals surface area contributed by atoms with Crippen molar-refractivity contribution in [3.8, 4) is 0 Å². The Bertz CT molecular complexity index is 929. The molecular formula is C22H23N3O2S. The van der Waals surface area contributed by atoms with Crippen molar-refractivity contribution in [2.75, 3.05) is 13.1 Å². The first-order valence-corrected chi connectivity index (χ1v) is 9.95. The molecule has 6 heteroatoms. The van der Waals surface area contributed by atoms with E-state index in [1.807, 2.05) is 30.3 Å². The number of amides is 1. The molecular weight excluding hydrogens is 370 g/mol. The quantitative estimate of drug-likeness (QED) is 0.662. The Morgan fingerprint density at radius 3 is 2.54 bits per heavy atom. The summed E-state index contributed by atoms with van der Waals surface area (Å²) in [6.07, 6.45) is 1.99. The molecule has 0 bridgehead atoms. The zero-order valence-corrected chi connectivity index (χ0v) is 16.4. The summed E-state index contributed by atoms with van der Waals surface area (Å²) in [5.74, 6) is -0.0572. The number of carbonyl (C=O) groups is 1. The highest BCUT2D eigenvalue weighted by Gasteiger charge is 2.21. The van der Waals surface area contributed by atoms with Crippen LogP contribution in [-0.2, 0) is 6.54 Å². The fraction of sp³-hybridized carbons (Fsp3) is 0.273. The van der Waals surface area contributed by atoms with Crippen LogP contribution in [-0.4, -0.2) is 35.1 Å². The number of nitrogens with zero attached hydrogens (tertiary/aromatic N) is 1. The maximum absolute atomic E-state index is 12.4. The summed E-state index contributed by atoms with van der Waals surface area (Å²) < 4.78 is 5.59. The highest BCUT2D eigenvalue weighted by Crippen LogP contribution is 2.18. The van der Waals surface area contributed by atoms with Gasteiger partial charge in [0.15, 0.2) is 10.9 Å². The second-order valence-corrected chi connectivity index (χ2v) is 7.52. The highest BCUT2D eigenvalue weighted by molar-refractivity contribution is 7.80. The van der Waals surface area contributed by atoms with Crippen LogP contribution in [0.25, 0.3) is 11.0 Å². The van der Waals surface area contributed by atoms with Crippen LogP contribution in [0.3, 0.4) is 0 Å². The van der Waals surface area contributed by atoms with Crippen molar-refractivity contribution in [1.29, 1.82) is 0 Å². The van der Waals surface area contributed by atoms with Crippen molar-refractivity contribution in [2.24, 2.45) is 0 Å². The van der Waals surface area contributed by atoms with Gasteiger partial charge in [-0.1, -0.05) is 48.5 Å². The number of rotatable bonds is 4. The van der Waals surface area contributed by atoms with Gasteiger partial charge in [-0.3, -0.25) is 15.0 Å². The standard InChI is InChI=1S/C22H23N3O2S/c26-21(20-14-17-8-4-5-9-19(17)27-20)24-22(28)23-18-10-12-25(13-11-18)15-16-6-2-1-3-7-16/h1-9,14,18H,10-13,15H2,(H2,23,24,26,28). The van der Waals surface area contributed by atoms with E-state index in [4.69, 9.17) is 16.6 Å². The maximum atomic E-state index is 12.4. The number of benzene rings is 2. The van der Waals surface area contributed by atoms with E-state index in [0.29, 0.717) is 10.7 Å². The minimum Gasteiger partial charge on any atom is -0.451 e. The number of piperidine rings is 1. The summed E-state index contributed by atoms with van der Waals surface area (Å²) >= 11 is 5.33. The van der Waals surface area contributed by atoms with Gasteiger partial charge in [-0.05, 0) is 42.8 Å². The molecule has 1 aliphatic rings. The van der Waals surface area contributed by atoms with Gasteiger partial charge in [-0.2, -0.15) is 0 Å². The Labute approximate surface area is 169 Å². The first-order valence-electron chi connectivity index (χ1n) is 9.54. The minimum absolute atomic E-state index is 0.267. The van der Waals surface area contributed by atoms with Crippen LogP contribution in [0.2, 0.25) is 0 Å². The Kier molecular flexibility index (Phi) is 5.69. The minimum atomic E-state index is -0.324. The van der Waals surface area contributed by atoms with Gasteiger partial charge in [0, 0.05) is 31.1 Å². The van der Waals surface area contributed by atoms with Gasteiger partial charge >= 0.3 is 0 Å². The van der Waals surface area contributed by atoms with E-state index < -0.39 is 0 Å². The molecule has 2 N–H and O–H groups in total. The third-order valence-corrected chi connectivity index (χ3v) is 5.27. The number of furan rings is 1. The molecule has 0 radical (unpaired) electrons. The van der Waals surface area contributed by atoms with E-state index in [1.165, 1.54) is 5.56 Å².